The zero-order chi connectivity index (χ0) is 10.5. The van der Waals surface area contributed by atoms with Gasteiger partial charge in [-0.05, 0) is 6.92 Å². The maximum Gasteiger partial charge on any atom is 0.308 e. The Morgan fingerprint density at radius 3 is 2.29 bits per heavy atom. The molecule has 0 bridgehead atoms. The van der Waals surface area contributed by atoms with Crippen molar-refractivity contribution in [2.45, 2.75) is 19.4 Å². The van der Waals surface area contributed by atoms with Crippen LogP contribution >= 0.6 is 0 Å². The van der Waals surface area contributed by atoms with E-state index in [1.807, 2.05) is 21.1 Å². The first-order valence-electron chi connectivity index (χ1n) is 4.49. The molecule has 0 amide bonds. The molecular weight excluding hydrogens is 250 g/mol. The molecule has 0 aliphatic rings. The highest BCUT2D eigenvalue weighted by Crippen LogP contribution is 2.00. The number of carbonyl (C=O) groups excluding carboxylic acids is 1. The van der Waals surface area contributed by atoms with Gasteiger partial charge < -0.3 is 31.3 Å². The second-order valence-electron chi connectivity index (χ2n) is 4.14. The van der Waals surface area contributed by atoms with Gasteiger partial charge >= 0.3 is 5.97 Å². The van der Waals surface area contributed by atoms with Crippen molar-refractivity contribution in [3.05, 3.63) is 0 Å². The van der Waals surface area contributed by atoms with Gasteiger partial charge in [-0.25, -0.2) is 0 Å². The lowest BCUT2D eigenvalue weighted by molar-refractivity contribution is -0.873. The highest BCUT2D eigenvalue weighted by molar-refractivity contribution is 5.69. The average Bonchev–Trinajstić information content (AvgIpc) is 1.81. The molecule has 0 heterocycles. The van der Waals surface area contributed by atoms with Gasteiger partial charge in [-0.2, -0.15) is 0 Å². The Morgan fingerprint density at radius 1 is 1.43 bits per heavy atom. The van der Waals surface area contributed by atoms with Crippen LogP contribution in [0.2, 0.25) is 0 Å². The maximum absolute atomic E-state index is 11.0. The number of hydrogen-bond acceptors (Lipinski definition) is 3. The first-order valence-corrected chi connectivity index (χ1v) is 4.49. The smallest absolute Gasteiger partial charge is 0.308 e. The number of aliphatic hydroxyl groups is 1. The van der Waals surface area contributed by atoms with E-state index in [1.165, 1.54) is 0 Å². The zero-order valence-corrected chi connectivity index (χ0v) is 10.9. The summed E-state index contributed by atoms with van der Waals surface area (Å²) < 4.78 is 5.36. The number of hydrogen-bond donors (Lipinski definition) is 1. The fraction of sp³-hybridized carbons (Fsp3) is 0.889. The molecule has 4 nitrogen and oxygen atoms in total. The fourth-order valence-corrected chi connectivity index (χ4v) is 1.11. The third-order valence-electron chi connectivity index (χ3n) is 1.47. The quantitative estimate of drug-likeness (QED) is 0.428. The molecule has 0 aliphatic heterocycles. The number of aliphatic hydroxyl groups excluding tert-OH is 1. The van der Waals surface area contributed by atoms with Crippen LogP contribution in [0.5, 0.6) is 0 Å². The van der Waals surface area contributed by atoms with Gasteiger partial charge in [-0.1, -0.05) is 0 Å². The topological polar surface area (TPSA) is 46.5 Å². The molecule has 0 radical (unpaired) electrons. The van der Waals surface area contributed by atoms with Crippen LogP contribution in [0, 0.1) is 0 Å². The molecule has 0 rings (SSSR count). The number of quaternary nitrogens is 1. The van der Waals surface area contributed by atoms with E-state index in [-0.39, 0.29) is 29.4 Å². The molecule has 1 N–H and O–H groups in total. The zero-order valence-electron chi connectivity index (χ0n) is 9.29. The van der Waals surface area contributed by atoms with Gasteiger partial charge in [0.1, 0.15) is 12.6 Å². The number of esters is 1. The Labute approximate surface area is 96.2 Å². The van der Waals surface area contributed by atoms with Crippen molar-refractivity contribution >= 4 is 5.97 Å². The average molecular weight is 270 g/mol. The van der Waals surface area contributed by atoms with Gasteiger partial charge in [0.15, 0.2) is 0 Å². The Bertz CT molecular complexity index is 168. The van der Waals surface area contributed by atoms with Crippen LogP contribution in [-0.2, 0) is 9.53 Å². The van der Waals surface area contributed by atoms with Crippen LogP contribution in [-0.4, -0.2) is 56.0 Å². The molecule has 0 aromatic heterocycles. The molecular formula is C9H20BrNO3. The molecule has 0 aliphatic carbocycles. The predicted molar refractivity (Wildman–Crippen MR) is 50.2 cm³/mol. The Hall–Kier alpha value is -0.130. The summed E-state index contributed by atoms with van der Waals surface area (Å²) in [6.07, 6.45) is -0.525. The van der Waals surface area contributed by atoms with Crippen LogP contribution in [0.25, 0.3) is 0 Å². The summed E-state index contributed by atoms with van der Waals surface area (Å²) in [5.74, 6) is -0.330. The van der Waals surface area contributed by atoms with Gasteiger partial charge in [0.25, 0.3) is 0 Å². The molecule has 1 atom stereocenters. The Kier molecular flexibility index (Phi) is 8.39. The summed E-state index contributed by atoms with van der Waals surface area (Å²) in [6.45, 7) is 2.68. The fourth-order valence-electron chi connectivity index (χ4n) is 1.11. The highest BCUT2D eigenvalue weighted by atomic mass is 79.9. The van der Waals surface area contributed by atoms with Crippen LogP contribution in [0.1, 0.15) is 13.3 Å². The molecule has 0 aromatic rings. The Balaban J connectivity index is 0. The predicted octanol–water partition coefficient (Wildman–Crippen LogP) is -2.99. The van der Waals surface area contributed by atoms with Gasteiger partial charge in [0, 0.05) is 0 Å². The molecule has 0 saturated heterocycles. The first-order chi connectivity index (χ1) is 5.85. The third-order valence-corrected chi connectivity index (χ3v) is 1.47. The van der Waals surface area contributed by atoms with E-state index >= 15 is 0 Å². The van der Waals surface area contributed by atoms with Crippen molar-refractivity contribution < 1.29 is 36.1 Å². The van der Waals surface area contributed by atoms with Crippen molar-refractivity contribution in [2.75, 3.05) is 34.3 Å². The normalized spacial score (nSPS) is 12.9. The molecule has 0 aromatic carbocycles. The minimum Gasteiger partial charge on any atom is -1.00 e. The number of nitrogens with zero attached hydrogens (tertiary/aromatic N) is 1. The second-order valence-corrected chi connectivity index (χ2v) is 4.14. The molecule has 86 valence electrons. The van der Waals surface area contributed by atoms with E-state index in [0.717, 1.165) is 0 Å². The third kappa shape index (κ3) is 9.95. The van der Waals surface area contributed by atoms with Crippen molar-refractivity contribution in [2.24, 2.45) is 0 Å². The molecule has 0 saturated carbocycles. The molecule has 5 heteroatoms. The summed E-state index contributed by atoms with van der Waals surface area (Å²) in [6, 6.07) is 0. The monoisotopic (exact) mass is 269 g/mol. The van der Waals surface area contributed by atoms with Crippen LogP contribution in [0.3, 0.4) is 0 Å². The van der Waals surface area contributed by atoms with Gasteiger partial charge in [0.05, 0.1) is 34.2 Å². The number of likely N-dealkylation sites (N-methyl/N-ethyl adjacent to an activating group) is 1. The Morgan fingerprint density at radius 2 is 1.93 bits per heavy atom. The standard InChI is InChI=1S/C9H20NO3.BrH/c1-5-13-9(12)6-8(11)7-10(2,3)4;/h8,11H,5-7H2,1-4H3;1H/q+1;/p-1. The second kappa shape index (κ2) is 7.20. The number of rotatable bonds is 5. The van der Waals surface area contributed by atoms with Crippen molar-refractivity contribution in [3.8, 4) is 0 Å². The summed E-state index contributed by atoms with van der Waals surface area (Å²) in [4.78, 5) is 11.0. The number of ether oxygens (including phenoxy) is 1. The summed E-state index contributed by atoms with van der Waals surface area (Å²) in [7, 11) is 5.90. The van der Waals surface area contributed by atoms with Crippen molar-refractivity contribution in [1.29, 1.82) is 0 Å². The number of carbonyl (C=O) groups is 1. The molecule has 1 unspecified atom stereocenters. The van der Waals surface area contributed by atoms with Crippen LogP contribution in [0.15, 0.2) is 0 Å². The van der Waals surface area contributed by atoms with Crippen molar-refractivity contribution in [3.63, 3.8) is 0 Å². The van der Waals surface area contributed by atoms with Crippen LogP contribution < -0.4 is 17.0 Å². The molecule has 0 fully saturated rings. The van der Waals surface area contributed by atoms with Gasteiger partial charge in [0.2, 0.25) is 0 Å². The lowest BCUT2D eigenvalue weighted by Gasteiger charge is -2.26. The lowest BCUT2D eigenvalue weighted by atomic mass is 10.2. The van der Waals surface area contributed by atoms with E-state index in [1.54, 1.807) is 6.92 Å². The minimum absolute atomic E-state index is 0. The SMILES string of the molecule is CCOC(=O)CC(O)C[N+](C)(C)C.[Br-]. The lowest BCUT2D eigenvalue weighted by Crippen LogP contribution is -3.00. The van der Waals surface area contributed by atoms with Crippen molar-refractivity contribution in [1.82, 2.24) is 0 Å². The van der Waals surface area contributed by atoms with E-state index in [4.69, 9.17) is 4.74 Å². The van der Waals surface area contributed by atoms with Gasteiger partial charge in [-0.15, -0.1) is 0 Å². The van der Waals surface area contributed by atoms with E-state index in [2.05, 4.69) is 0 Å². The molecule has 0 spiro atoms. The number of halogens is 1. The van der Waals surface area contributed by atoms with E-state index in [0.29, 0.717) is 17.6 Å². The largest absolute Gasteiger partial charge is 1.00 e. The maximum atomic E-state index is 11.0. The summed E-state index contributed by atoms with van der Waals surface area (Å²) in [5, 5.41) is 9.47. The summed E-state index contributed by atoms with van der Waals surface area (Å²) >= 11 is 0. The minimum atomic E-state index is -0.612. The van der Waals surface area contributed by atoms with E-state index in [9.17, 15) is 9.90 Å². The first kappa shape index (κ1) is 16.3. The van der Waals surface area contributed by atoms with E-state index < -0.39 is 6.10 Å². The van der Waals surface area contributed by atoms with Gasteiger partial charge in [-0.3, -0.25) is 4.79 Å². The summed E-state index contributed by atoms with van der Waals surface area (Å²) in [5.41, 5.74) is 0. The van der Waals surface area contributed by atoms with Crippen LogP contribution in [0.4, 0.5) is 0 Å². The molecule has 14 heavy (non-hydrogen) atoms. The highest BCUT2D eigenvalue weighted by Gasteiger charge is 2.18.